The number of hydrogen-bond acceptors (Lipinski definition) is 8. The van der Waals surface area contributed by atoms with Crippen LogP contribution in [0.2, 0.25) is 0 Å². The molecule has 3 aromatic carbocycles. The molecule has 4 heterocycles. The van der Waals surface area contributed by atoms with Crippen LogP contribution >= 0.6 is 11.3 Å². The molecule has 2 aliphatic heterocycles. The van der Waals surface area contributed by atoms with Crippen LogP contribution in [0.15, 0.2) is 52.9 Å². The first-order chi connectivity index (χ1) is 20.9. The summed E-state index contributed by atoms with van der Waals surface area (Å²) in [5, 5.41) is 23.8. The van der Waals surface area contributed by atoms with E-state index in [0.29, 0.717) is 42.1 Å². The molecular formula is C34H31N5O3S. The Bertz CT molecular complexity index is 1910. The van der Waals surface area contributed by atoms with Crippen molar-refractivity contribution in [1.29, 1.82) is 5.26 Å². The number of oxazole rings is 1. The van der Waals surface area contributed by atoms with Crippen LogP contribution in [0, 0.1) is 31.1 Å². The highest BCUT2D eigenvalue weighted by atomic mass is 32.1. The number of likely N-dealkylation sites (tertiary alicyclic amines) is 1. The van der Waals surface area contributed by atoms with Gasteiger partial charge in [0.25, 0.3) is 0 Å². The Hall–Kier alpha value is -4.36. The lowest BCUT2D eigenvalue weighted by Crippen LogP contribution is -2.22. The maximum Gasteiger partial charge on any atom is 0.307 e. The molecule has 0 spiro atoms. The van der Waals surface area contributed by atoms with Gasteiger partial charge in [-0.05, 0) is 72.8 Å². The van der Waals surface area contributed by atoms with Crippen LogP contribution in [0.1, 0.15) is 39.2 Å². The third-order valence-corrected chi connectivity index (χ3v) is 9.85. The number of benzene rings is 3. The Morgan fingerprint density at radius 3 is 2.58 bits per heavy atom. The van der Waals surface area contributed by atoms with E-state index in [1.807, 2.05) is 24.3 Å². The lowest BCUT2D eigenvalue weighted by Gasteiger charge is -2.15. The number of carbonyl (C=O) groups is 1. The number of carboxylic acid groups (broad SMARTS) is 1. The fourth-order valence-electron chi connectivity index (χ4n) is 6.38. The van der Waals surface area contributed by atoms with Gasteiger partial charge in [-0.3, -0.25) is 9.69 Å². The summed E-state index contributed by atoms with van der Waals surface area (Å²) < 4.78 is 6.25. The molecule has 1 unspecified atom stereocenters. The Labute approximate surface area is 253 Å². The fraction of sp³-hybridized carbons (Fsp3) is 0.294. The van der Waals surface area contributed by atoms with E-state index < -0.39 is 5.97 Å². The molecule has 0 radical (unpaired) electrons. The molecule has 0 bridgehead atoms. The second-order valence-corrected chi connectivity index (χ2v) is 12.5. The van der Waals surface area contributed by atoms with Gasteiger partial charge in [0, 0.05) is 48.6 Å². The first-order valence-electron chi connectivity index (χ1n) is 14.6. The predicted molar refractivity (Wildman–Crippen MR) is 167 cm³/mol. The molecule has 0 amide bonds. The number of nitriles is 1. The van der Waals surface area contributed by atoms with E-state index in [1.54, 1.807) is 11.3 Å². The zero-order valence-electron chi connectivity index (χ0n) is 24.1. The molecule has 2 N–H and O–H groups in total. The van der Waals surface area contributed by atoms with Gasteiger partial charge in [0.05, 0.1) is 17.2 Å². The highest BCUT2D eigenvalue weighted by molar-refractivity contribution is 7.15. The molecule has 2 aliphatic rings. The highest BCUT2D eigenvalue weighted by Gasteiger charge is 2.28. The molecule has 0 saturated carbocycles. The van der Waals surface area contributed by atoms with E-state index in [4.69, 9.17) is 14.4 Å². The quantitative estimate of drug-likeness (QED) is 0.236. The van der Waals surface area contributed by atoms with Crippen molar-refractivity contribution in [2.24, 2.45) is 5.92 Å². The zero-order valence-corrected chi connectivity index (χ0v) is 24.9. The number of nitrogens with zero attached hydrogens (tertiary/aromatic N) is 4. The van der Waals surface area contributed by atoms with Crippen LogP contribution in [0.3, 0.4) is 0 Å². The number of hydrogen-bond donors (Lipinski definition) is 2. The monoisotopic (exact) mass is 589 g/mol. The minimum atomic E-state index is -0.754. The van der Waals surface area contributed by atoms with Gasteiger partial charge in [0.15, 0.2) is 5.58 Å². The molecule has 43 heavy (non-hydrogen) atoms. The van der Waals surface area contributed by atoms with Gasteiger partial charge < -0.3 is 14.8 Å². The molecule has 216 valence electrons. The van der Waals surface area contributed by atoms with Crippen molar-refractivity contribution in [2.75, 3.05) is 19.6 Å². The molecule has 9 heteroatoms. The van der Waals surface area contributed by atoms with Gasteiger partial charge >= 0.3 is 5.97 Å². The first-order valence-corrected chi connectivity index (χ1v) is 15.4. The molecule has 0 aliphatic carbocycles. The summed E-state index contributed by atoms with van der Waals surface area (Å²) in [4.78, 5) is 24.7. The predicted octanol–water partition coefficient (Wildman–Crippen LogP) is 6.33. The van der Waals surface area contributed by atoms with E-state index in [-0.39, 0.29) is 5.92 Å². The number of aliphatic carboxylic acids is 1. The lowest BCUT2D eigenvalue weighted by molar-refractivity contribution is -0.141. The summed E-state index contributed by atoms with van der Waals surface area (Å²) in [6.07, 6.45) is 1.60. The van der Waals surface area contributed by atoms with Gasteiger partial charge in [-0.15, -0.1) is 11.3 Å². The Balaban J connectivity index is 1.23. The molecule has 5 aromatic rings. The first kappa shape index (κ1) is 27.5. The molecule has 1 atom stereocenters. The second-order valence-electron chi connectivity index (χ2n) is 11.5. The van der Waals surface area contributed by atoms with Crippen molar-refractivity contribution < 1.29 is 14.3 Å². The molecule has 1 fully saturated rings. The minimum Gasteiger partial charge on any atom is -0.481 e. The number of thiazole rings is 1. The van der Waals surface area contributed by atoms with E-state index >= 15 is 0 Å². The van der Waals surface area contributed by atoms with Gasteiger partial charge in [-0.1, -0.05) is 30.3 Å². The second kappa shape index (κ2) is 11.0. The van der Waals surface area contributed by atoms with Gasteiger partial charge in [0.1, 0.15) is 16.6 Å². The lowest BCUT2D eigenvalue weighted by atomic mass is 9.91. The number of nitrogens with one attached hydrogen (secondary N) is 1. The van der Waals surface area contributed by atoms with E-state index in [2.05, 4.69) is 54.4 Å². The summed E-state index contributed by atoms with van der Waals surface area (Å²) in [5.41, 5.74) is 10.2. The number of carboxylic acids is 1. The smallest absolute Gasteiger partial charge is 0.307 e. The van der Waals surface area contributed by atoms with Crippen LogP contribution in [0.5, 0.6) is 0 Å². The molecule has 1 saturated heterocycles. The van der Waals surface area contributed by atoms with Crippen molar-refractivity contribution in [3.05, 3.63) is 81.4 Å². The van der Waals surface area contributed by atoms with E-state index in [9.17, 15) is 15.2 Å². The van der Waals surface area contributed by atoms with Gasteiger partial charge in [0.2, 0.25) is 5.89 Å². The van der Waals surface area contributed by atoms with Crippen LogP contribution in [0.25, 0.3) is 44.3 Å². The summed E-state index contributed by atoms with van der Waals surface area (Å²) in [6, 6.07) is 18.6. The van der Waals surface area contributed by atoms with Gasteiger partial charge in [-0.2, -0.15) is 5.26 Å². The number of fused-ring (bicyclic) bond motifs is 2. The third-order valence-electron chi connectivity index (χ3n) is 8.72. The number of aromatic nitrogens is 2. The van der Waals surface area contributed by atoms with Gasteiger partial charge in [-0.25, -0.2) is 9.97 Å². The van der Waals surface area contributed by atoms with E-state index in [0.717, 1.165) is 64.4 Å². The van der Waals surface area contributed by atoms with Crippen LogP contribution in [0.4, 0.5) is 0 Å². The average molecular weight is 590 g/mol. The standard InChI is InChI=1S/C34H31N5O3S/c1-19-24(25-6-4-8-27(20(25)2)33-38-28-9-11-36-16-30(28)43-33)5-3-7-26(19)32-37-29-14-21(13-23(15-35)31(29)42-32)17-39-12-10-22(18-39)34(40)41/h3-8,13-14,22,36H,9-12,16-18H2,1-2H3,(H,40,41). The molecule has 8 nitrogen and oxygen atoms in total. The normalized spacial score (nSPS) is 16.8. The van der Waals surface area contributed by atoms with Crippen molar-refractivity contribution in [2.45, 2.75) is 39.8 Å². The zero-order chi connectivity index (χ0) is 29.7. The maximum atomic E-state index is 11.4. The number of rotatable bonds is 6. The van der Waals surface area contributed by atoms with Crippen molar-refractivity contribution in [3.63, 3.8) is 0 Å². The summed E-state index contributed by atoms with van der Waals surface area (Å²) >= 11 is 1.77. The van der Waals surface area contributed by atoms with Crippen LogP contribution in [-0.4, -0.2) is 45.6 Å². The summed E-state index contributed by atoms with van der Waals surface area (Å²) in [6.45, 7) is 7.90. The Morgan fingerprint density at radius 1 is 1.12 bits per heavy atom. The fourth-order valence-corrected chi connectivity index (χ4v) is 7.54. The Kier molecular flexibility index (Phi) is 7.06. The van der Waals surface area contributed by atoms with Crippen molar-refractivity contribution in [3.8, 4) is 39.2 Å². The van der Waals surface area contributed by atoms with Crippen molar-refractivity contribution in [1.82, 2.24) is 20.2 Å². The molecular weight excluding hydrogens is 558 g/mol. The van der Waals surface area contributed by atoms with Crippen LogP contribution < -0.4 is 5.32 Å². The molecule has 2 aromatic heterocycles. The Morgan fingerprint density at radius 2 is 1.86 bits per heavy atom. The summed E-state index contributed by atoms with van der Waals surface area (Å²) in [7, 11) is 0. The minimum absolute atomic E-state index is 0.346. The van der Waals surface area contributed by atoms with Crippen molar-refractivity contribution >= 4 is 28.4 Å². The maximum absolute atomic E-state index is 11.4. The third kappa shape index (κ3) is 5.01. The molecule has 7 rings (SSSR count). The van der Waals surface area contributed by atoms with E-state index in [1.165, 1.54) is 16.1 Å². The largest absolute Gasteiger partial charge is 0.481 e. The average Bonchev–Trinajstić information content (AvgIpc) is 3.75. The summed E-state index contributed by atoms with van der Waals surface area (Å²) in [5.74, 6) is -0.624. The van der Waals surface area contributed by atoms with Crippen LogP contribution in [-0.2, 0) is 24.3 Å². The highest BCUT2D eigenvalue weighted by Crippen LogP contribution is 2.39. The SMILES string of the molecule is Cc1c(-c2nc3cc(CN4CCC(C(=O)O)C4)cc(C#N)c3o2)cccc1-c1cccc(-c2nc3c(s2)CNCC3)c1C. The topological polar surface area (TPSA) is 115 Å².